The van der Waals surface area contributed by atoms with Gasteiger partial charge in [0.15, 0.2) is 0 Å². The van der Waals surface area contributed by atoms with Gasteiger partial charge in [-0.15, -0.1) is 0 Å². The summed E-state index contributed by atoms with van der Waals surface area (Å²) in [5, 5.41) is 5.59. The molecule has 1 N–H and O–H groups in total. The fourth-order valence-electron chi connectivity index (χ4n) is 4.25. The van der Waals surface area contributed by atoms with Crippen LogP contribution in [0.15, 0.2) is 34.3 Å². The van der Waals surface area contributed by atoms with Crippen LogP contribution >= 0.6 is 35.0 Å². The van der Waals surface area contributed by atoms with Crippen LogP contribution in [-0.4, -0.2) is 40.0 Å². The van der Waals surface area contributed by atoms with Crippen LogP contribution in [0.5, 0.6) is 0 Å². The minimum Gasteiger partial charge on any atom is -0.366 e. The number of anilines is 1. The lowest BCUT2D eigenvalue weighted by molar-refractivity contribution is 0.0608. The highest BCUT2D eigenvalue weighted by Crippen LogP contribution is 2.37. The third-order valence-corrected chi connectivity index (χ3v) is 7.80. The third-order valence-electron chi connectivity index (χ3n) is 5.72. The molecule has 2 atom stereocenters. The van der Waals surface area contributed by atoms with Crippen molar-refractivity contribution in [3.8, 4) is 0 Å². The molecular weight excluding hydrogens is 399 g/mol. The molecule has 27 heavy (non-hydrogen) atoms. The van der Waals surface area contributed by atoms with Gasteiger partial charge in [-0.3, -0.25) is 0 Å². The van der Waals surface area contributed by atoms with Crippen LogP contribution < -0.4 is 5.32 Å². The lowest BCUT2D eigenvalue weighted by atomic mass is 9.82. The van der Waals surface area contributed by atoms with E-state index in [0.717, 1.165) is 21.4 Å². The number of halogens is 2. The van der Waals surface area contributed by atoms with Crippen LogP contribution in [0, 0.1) is 6.92 Å². The van der Waals surface area contributed by atoms with E-state index in [2.05, 4.69) is 22.2 Å². The average molecular weight is 423 g/mol. The Morgan fingerprint density at radius 1 is 1.19 bits per heavy atom. The second-order valence-electron chi connectivity index (χ2n) is 7.52. The lowest BCUT2D eigenvalue weighted by Gasteiger charge is -2.47. The summed E-state index contributed by atoms with van der Waals surface area (Å²) in [5.41, 5.74) is 0.897. The normalized spacial score (nSPS) is 25.4. The van der Waals surface area contributed by atoms with Crippen molar-refractivity contribution < 1.29 is 0 Å². The number of nitrogens with one attached hydrogen (secondary N) is 1. The highest BCUT2D eigenvalue weighted by Gasteiger charge is 2.36. The number of rotatable bonds is 4. The number of hydrogen-bond acceptors (Lipinski definition) is 5. The van der Waals surface area contributed by atoms with Crippen molar-refractivity contribution in [1.82, 2.24) is 14.9 Å². The van der Waals surface area contributed by atoms with Crippen molar-refractivity contribution in [3.63, 3.8) is 0 Å². The fraction of sp³-hybridized carbons (Fsp3) is 0.500. The van der Waals surface area contributed by atoms with E-state index in [-0.39, 0.29) is 0 Å². The SMILES string of the molecule is Cc1nc(NC2CC3CCCC(C2)N3C)cnc1Sc1cccc(Cl)c1Cl. The molecule has 1 aromatic heterocycles. The molecule has 3 heterocycles. The van der Waals surface area contributed by atoms with E-state index in [9.17, 15) is 0 Å². The third kappa shape index (κ3) is 4.21. The lowest BCUT2D eigenvalue weighted by Crippen LogP contribution is -2.52. The molecule has 2 unspecified atom stereocenters. The maximum atomic E-state index is 6.30. The van der Waals surface area contributed by atoms with Gasteiger partial charge in [-0.05, 0) is 51.8 Å². The van der Waals surface area contributed by atoms with Gasteiger partial charge in [0.05, 0.1) is 21.9 Å². The van der Waals surface area contributed by atoms with E-state index >= 15 is 0 Å². The Labute approximate surface area is 175 Å². The minimum absolute atomic E-state index is 0.478. The van der Waals surface area contributed by atoms with Gasteiger partial charge >= 0.3 is 0 Å². The van der Waals surface area contributed by atoms with Crippen molar-refractivity contribution in [2.45, 2.75) is 67.1 Å². The number of nitrogens with zero attached hydrogens (tertiary/aromatic N) is 3. The second kappa shape index (κ2) is 8.16. The van der Waals surface area contributed by atoms with Crippen LogP contribution in [0.3, 0.4) is 0 Å². The number of aromatic nitrogens is 2. The monoisotopic (exact) mass is 422 g/mol. The first kappa shape index (κ1) is 19.3. The van der Waals surface area contributed by atoms with E-state index in [4.69, 9.17) is 28.2 Å². The predicted octanol–water partition coefficient (Wildman–Crippen LogP) is 5.67. The first-order chi connectivity index (χ1) is 13.0. The summed E-state index contributed by atoms with van der Waals surface area (Å²) in [6, 6.07) is 7.50. The largest absolute Gasteiger partial charge is 0.366 e. The van der Waals surface area contributed by atoms with Gasteiger partial charge in [0.1, 0.15) is 10.8 Å². The van der Waals surface area contributed by atoms with Gasteiger partial charge in [-0.1, -0.05) is 47.5 Å². The predicted molar refractivity (Wildman–Crippen MR) is 113 cm³/mol. The van der Waals surface area contributed by atoms with Gasteiger partial charge in [-0.2, -0.15) is 0 Å². The van der Waals surface area contributed by atoms with Crippen LogP contribution in [0.4, 0.5) is 5.82 Å². The molecule has 0 aliphatic carbocycles. The number of aryl methyl sites for hydroxylation is 1. The Morgan fingerprint density at radius 2 is 1.93 bits per heavy atom. The van der Waals surface area contributed by atoms with Crippen LogP contribution in [0.1, 0.15) is 37.8 Å². The van der Waals surface area contributed by atoms with Crippen LogP contribution in [0.2, 0.25) is 10.0 Å². The topological polar surface area (TPSA) is 41.1 Å². The van der Waals surface area contributed by atoms with Gasteiger partial charge < -0.3 is 10.2 Å². The highest BCUT2D eigenvalue weighted by atomic mass is 35.5. The molecule has 0 amide bonds. The van der Waals surface area contributed by atoms with E-state index in [1.54, 1.807) is 6.07 Å². The molecule has 2 aliphatic rings. The average Bonchev–Trinajstić information content (AvgIpc) is 2.62. The zero-order valence-corrected chi connectivity index (χ0v) is 17.9. The van der Waals surface area contributed by atoms with Gasteiger partial charge in [0, 0.05) is 23.0 Å². The summed E-state index contributed by atoms with van der Waals surface area (Å²) in [4.78, 5) is 12.8. The molecule has 2 aromatic rings. The molecule has 4 rings (SSSR count). The molecule has 1 aromatic carbocycles. The summed E-state index contributed by atoms with van der Waals surface area (Å²) in [7, 11) is 2.28. The molecule has 144 valence electrons. The molecule has 2 bridgehead atoms. The van der Waals surface area contributed by atoms with Crippen molar-refractivity contribution in [2.75, 3.05) is 12.4 Å². The van der Waals surface area contributed by atoms with Crippen molar-refractivity contribution in [3.05, 3.63) is 40.1 Å². The van der Waals surface area contributed by atoms with E-state index in [1.165, 1.54) is 43.9 Å². The van der Waals surface area contributed by atoms with Crippen molar-refractivity contribution in [1.29, 1.82) is 0 Å². The van der Waals surface area contributed by atoms with E-state index < -0.39 is 0 Å². The zero-order valence-electron chi connectivity index (χ0n) is 15.6. The summed E-state index contributed by atoms with van der Waals surface area (Å²) in [6.07, 6.45) is 8.19. The fourth-order valence-corrected chi connectivity index (χ4v) is 5.58. The minimum atomic E-state index is 0.478. The Hall–Kier alpha value is -1.01. The Bertz CT molecular complexity index is 818. The first-order valence-corrected chi connectivity index (χ1v) is 11.0. The maximum absolute atomic E-state index is 6.30. The molecule has 2 saturated heterocycles. The second-order valence-corrected chi connectivity index (χ2v) is 9.33. The van der Waals surface area contributed by atoms with Crippen LogP contribution in [-0.2, 0) is 0 Å². The number of fused-ring (bicyclic) bond motifs is 2. The highest BCUT2D eigenvalue weighted by molar-refractivity contribution is 7.99. The van der Waals surface area contributed by atoms with Crippen molar-refractivity contribution in [2.24, 2.45) is 0 Å². The summed E-state index contributed by atoms with van der Waals surface area (Å²) in [5.74, 6) is 0.863. The number of hydrogen-bond donors (Lipinski definition) is 1. The molecule has 0 saturated carbocycles. The smallest absolute Gasteiger partial charge is 0.145 e. The molecule has 0 spiro atoms. The van der Waals surface area contributed by atoms with Crippen molar-refractivity contribution >= 4 is 40.8 Å². The summed E-state index contributed by atoms with van der Waals surface area (Å²) >= 11 is 13.9. The van der Waals surface area contributed by atoms with Gasteiger partial charge in [0.2, 0.25) is 0 Å². The first-order valence-electron chi connectivity index (χ1n) is 9.45. The summed E-state index contributed by atoms with van der Waals surface area (Å²) in [6.45, 7) is 1.99. The number of benzene rings is 1. The maximum Gasteiger partial charge on any atom is 0.145 e. The Morgan fingerprint density at radius 3 is 2.63 bits per heavy atom. The van der Waals surface area contributed by atoms with E-state index in [0.29, 0.717) is 28.2 Å². The summed E-state index contributed by atoms with van der Waals surface area (Å²) < 4.78 is 0. The van der Waals surface area contributed by atoms with E-state index in [1.807, 2.05) is 25.3 Å². The van der Waals surface area contributed by atoms with Gasteiger partial charge in [-0.25, -0.2) is 9.97 Å². The quantitative estimate of drug-likeness (QED) is 0.686. The van der Waals surface area contributed by atoms with Gasteiger partial charge in [0.25, 0.3) is 0 Å². The Balaban J connectivity index is 1.45. The van der Waals surface area contributed by atoms with Crippen LogP contribution in [0.25, 0.3) is 0 Å². The molecule has 4 nitrogen and oxygen atoms in total. The molecule has 2 aliphatic heterocycles. The molecule has 2 fully saturated rings. The number of piperidine rings is 2. The molecule has 7 heteroatoms. The molecular formula is C20H24Cl2N4S. The standard InChI is InChI=1S/C20H24Cl2N4S/c1-12-20(27-17-8-4-7-16(21)19(17)22)23-11-18(24-12)25-13-9-14-5-3-6-15(10-13)26(14)2/h4,7-8,11,13-15H,3,5-6,9-10H2,1-2H3,(H,24,25). The zero-order chi connectivity index (χ0) is 19.0. The molecule has 0 radical (unpaired) electrons. The Kier molecular flexibility index (Phi) is 5.83.